The number of hydrogen-bond donors (Lipinski definition) is 1. The van der Waals surface area contributed by atoms with Crippen LogP contribution in [0, 0.1) is 12.8 Å². The fourth-order valence-corrected chi connectivity index (χ4v) is 2.20. The third-order valence-electron chi connectivity index (χ3n) is 3.26. The van der Waals surface area contributed by atoms with E-state index in [1.54, 1.807) is 0 Å². The molecule has 0 spiro atoms. The summed E-state index contributed by atoms with van der Waals surface area (Å²) in [5.41, 5.74) is 2.54. The van der Waals surface area contributed by atoms with Gasteiger partial charge in [0.25, 0.3) is 0 Å². The second kappa shape index (κ2) is 6.90. The molecule has 1 heterocycles. The Kier molecular flexibility index (Phi) is 5.82. The van der Waals surface area contributed by atoms with Gasteiger partial charge in [-0.2, -0.15) is 5.10 Å². The molecule has 0 amide bonds. The van der Waals surface area contributed by atoms with Gasteiger partial charge in [-0.1, -0.05) is 13.8 Å². The Bertz CT molecular complexity index is 345. The van der Waals surface area contributed by atoms with Gasteiger partial charge in [-0.3, -0.25) is 4.68 Å². The maximum absolute atomic E-state index is 4.28. The second-order valence-electron chi connectivity index (χ2n) is 5.85. The average Bonchev–Trinajstić information content (AvgIpc) is 2.55. The lowest BCUT2D eigenvalue weighted by molar-refractivity contribution is 0.305. The molecule has 0 aliphatic rings. The molecule has 1 aromatic heterocycles. The van der Waals surface area contributed by atoms with E-state index in [-0.39, 0.29) is 0 Å². The summed E-state index contributed by atoms with van der Waals surface area (Å²) in [6.07, 6.45) is 3.17. The molecule has 1 aromatic rings. The van der Waals surface area contributed by atoms with Gasteiger partial charge in [0.1, 0.15) is 0 Å². The topological polar surface area (TPSA) is 33.1 Å². The van der Waals surface area contributed by atoms with Crippen LogP contribution >= 0.6 is 0 Å². The fourth-order valence-electron chi connectivity index (χ4n) is 2.20. The number of aryl methyl sites for hydroxylation is 1. The summed E-state index contributed by atoms with van der Waals surface area (Å²) in [5, 5.41) is 7.94. The van der Waals surface area contributed by atoms with Gasteiger partial charge < -0.3 is 10.2 Å². The first-order chi connectivity index (χ1) is 8.40. The molecule has 0 aromatic carbocycles. The lowest BCUT2D eigenvalue weighted by Crippen LogP contribution is -2.38. The number of nitrogens with one attached hydrogen (secondary N) is 1. The van der Waals surface area contributed by atoms with Crippen molar-refractivity contribution in [2.75, 3.05) is 20.6 Å². The van der Waals surface area contributed by atoms with E-state index in [1.165, 1.54) is 17.7 Å². The molecule has 1 rings (SSSR count). The van der Waals surface area contributed by atoms with E-state index in [0.717, 1.165) is 19.0 Å². The highest BCUT2D eigenvalue weighted by Gasteiger charge is 2.12. The third kappa shape index (κ3) is 4.78. The number of likely N-dealkylation sites (N-methyl/N-ethyl adjacent to an activating group) is 1. The zero-order chi connectivity index (χ0) is 13.7. The number of rotatable bonds is 7. The van der Waals surface area contributed by atoms with Crippen molar-refractivity contribution in [3.8, 4) is 0 Å². The summed E-state index contributed by atoms with van der Waals surface area (Å²) in [6.45, 7) is 8.66. The predicted octanol–water partition coefficient (Wildman–Crippen LogP) is 1.79. The summed E-state index contributed by atoms with van der Waals surface area (Å²) < 4.78 is 1.93. The van der Waals surface area contributed by atoms with Crippen LogP contribution in [0.3, 0.4) is 0 Å². The van der Waals surface area contributed by atoms with E-state index >= 15 is 0 Å². The highest BCUT2D eigenvalue weighted by atomic mass is 15.3. The van der Waals surface area contributed by atoms with Crippen LogP contribution in [-0.2, 0) is 13.6 Å². The van der Waals surface area contributed by atoms with Crippen molar-refractivity contribution >= 4 is 0 Å². The Morgan fingerprint density at radius 1 is 1.39 bits per heavy atom. The number of nitrogens with zero attached hydrogens (tertiary/aromatic N) is 3. The van der Waals surface area contributed by atoms with Crippen molar-refractivity contribution in [3.05, 3.63) is 17.5 Å². The zero-order valence-electron chi connectivity index (χ0n) is 12.7. The first kappa shape index (κ1) is 15.2. The van der Waals surface area contributed by atoms with Gasteiger partial charge in [-0.15, -0.1) is 0 Å². The first-order valence-corrected chi connectivity index (χ1v) is 6.75. The highest BCUT2D eigenvalue weighted by Crippen LogP contribution is 2.09. The first-order valence-electron chi connectivity index (χ1n) is 6.75. The molecule has 1 N–H and O–H groups in total. The lowest BCUT2D eigenvalue weighted by atomic mass is 10.0. The molecule has 104 valence electrons. The lowest BCUT2D eigenvalue weighted by Gasteiger charge is -2.24. The molecule has 0 bridgehead atoms. The number of hydrogen-bond acceptors (Lipinski definition) is 3. The normalized spacial score (nSPS) is 13.6. The monoisotopic (exact) mass is 252 g/mol. The largest absolute Gasteiger partial charge is 0.309 e. The van der Waals surface area contributed by atoms with E-state index < -0.39 is 0 Å². The summed E-state index contributed by atoms with van der Waals surface area (Å²) in [6, 6.07) is 0.541. The van der Waals surface area contributed by atoms with Crippen molar-refractivity contribution in [1.29, 1.82) is 0 Å². The molecule has 4 nitrogen and oxygen atoms in total. The van der Waals surface area contributed by atoms with Crippen molar-refractivity contribution < 1.29 is 0 Å². The Hall–Kier alpha value is -0.870. The molecule has 0 aliphatic carbocycles. The third-order valence-corrected chi connectivity index (χ3v) is 3.26. The van der Waals surface area contributed by atoms with Crippen molar-refractivity contribution in [3.63, 3.8) is 0 Å². The molecule has 0 aliphatic heterocycles. The maximum Gasteiger partial charge on any atom is 0.0537 e. The van der Waals surface area contributed by atoms with Gasteiger partial charge in [0.15, 0.2) is 0 Å². The quantitative estimate of drug-likeness (QED) is 0.803. The minimum Gasteiger partial charge on any atom is -0.309 e. The molecule has 0 saturated carbocycles. The molecule has 0 radical (unpaired) electrons. The van der Waals surface area contributed by atoms with Crippen LogP contribution in [0.2, 0.25) is 0 Å². The van der Waals surface area contributed by atoms with Gasteiger partial charge in [0, 0.05) is 37.4 Å². The summed E-state index contributed by atoms with van der Waals surface area (Å²) in [5.74, 6) is 0.720. The summed E-state index contributed by atoms with van der Waals surface area (Å²) in [4.78, 5) is 2.25. The van der Waals surface area contributed by atoms with Crippen molar-refractivity contribution in [2.45, 2.75) is 39.8 Å². The van der Waals surface area contributed by atoms with E-state index in [9.17, 15) is 0 Å². The fraction of sp³-hybridized carbons (Fsp3) is 0.786. The molecule has 1 atom stereocenters. The molecular weight excluding hydrogens is 224 g/mol. The minimum atomic E-state index is 0.541. The van der Waals surface area contributed by atoms with Gasteiger partial charge in [0.2, 0.25) is 0 Å². The van der Waals surface area contributed by atoms with Gasteiger partial charge in [0.05, 0.1) is 6.20 Å². The Morgan fingerprint density at radius 3 is 2.50 bits per heavy atom. The van der Waals surface area contributed by atoms with Crippen LogP contribution in [0.15, 0.2) is 6.20 Å². The van der Waals surface area contributed by atoms with Crippen molar-refractivity contribution in [2.24, 2.45) is 13.0 Å². The van der Waals surface area contributed by atoms with Crippen LogP contribution in [-0.4, -0.2) is 41.4 Å². The van der Waals surface area contributed by atoms with Crippen LogP contribution in [0.1, 0.15) is 31.5 Å². The number of aromatic nitrogens is 2. The SMILES string of the molecule is Cc1c(CNC(CC(C)C)CN(C)C)cnn1C. The summed E-state index contributed by atoms with van der Waals surface area (Å²) >= 11 is 0. The molecule has 0 fully saturated rings. The molecule has 4 heteroatoms. The van der Waals surface area contributed by atoms with Crippen LogP contribution in [0.5, 0.6) is 0 Å². The molecule has 0 saturated heterocycles. The van der Waals surface area contributed by atoms with Crippen molar-refractivity contribution in [1.82, 2.24) is 20.0 Å². The maximum atomic E-state index is 4.28. The standard InChI is InChI=1S/C14H28N4/c1-11(2)7-14(10-17(4)5)15-8-13-9-16-18(6)12(13)3/h9,11,14-15H,7-8,10H2,1-6H3. The smallest absolute Gasteiger partial charge is 0.0537 e. The van der Waals surface area contributed by atoms with E-state index in [0.29, 0.717) is 6.04 Å². The van der Waals surface area contributed by atoms with Gasteiger partial charge in [-0.05, 0) is 33.4 Å². The van der Waals surface area contributed by atoms with Crippen LogP contribution < -0.4 is 5.32 Å². The van der Waals surface area contributed by atoms with Crippen LogP contribution in [0.25, 0.3) is 0 Å². The van der Waals surface area contributed by atoms with E-state index in [1.807, 2.05) is 17.9 Å². The van der Waals surface area contributed by atoms with E-state index in [4.69, 9.17) is 0 Å². The minimum absolute atomic E-state index is 0.541. The van der Waals surface area contributed by atoms with Gasteiger partial charge >= 0.3 is 0 Å². The molecule has 1 unspecified atom stereocenters. The highest BCUT2D eigenvalue weighted by molar-refractivity contribution is 5.15. The second-order valence-corrected chi connectivity index (χ2v) is 5.85. The zero-order valence-corrected chi connectivity index (χ0v) is 12.7. The Morgan fingerprint density at radius 2 is 2.06 bits per heavy atom. The van der Waals surface area contributed by atoms with E-state index in [2.05, 4.69) is 50.2 Å². The average molecular weight is 252 g/mol. The summed E-state index contributed by atoms with van der Waals surface area (Å²) in [7, 11) is 6.25. The Labute approximate surface area is 111 Å². The molecular formula is C14H28N4. The van der Waals surface area contributed by atoms with Crippen LogP contribution in [0.4, 0.5) is 0 Å². The molecule has 18 heavy (non-hydrogen) atoms. The van der Waals surface area contributed by atoms with Gasteiger partial charge in [-0.25, -0.2) is 0 Å². The predicted molar refractivity (Wildman–Crippen MR) is 76.6 cm³/mol. The Balaban J connectivity index is 2.53.